The van der Waals surface area contributed by atoms with Gasteiger partial charge >= 0.3 is 12.1 Å². The number of benzene rings is 1. The van der Waals surface area contributed by atoms with Crippen molar-refractivity contribution in [1.82, 2.24) is 15.0 Å². The number of amides is 1. The summed E-state index contributed by atoms with van der Waals surface area (Å²) in [6.45, 7) is 3.01. The first-order chi connectivity index (χ1) is 15.8. The smallest absolute Gasteiger partial charge is 0.471 e. The fourth-order valence-corrected chi connectivity index (χ4v) is 3.69. The molecule has 0 N–H and O–H groups in total. The van der Waals surface area contributed by atoms with Crippen molar-refractivity contribution in [3.63, 3.8) is 0 Å². The molecule has 1 aromatic heterocycles. The second-order valence-corrected chi connectivity index (χ2v) is 7.81. The first-order valence-electron chi connectivity index (χ1n) is 10.7. The molecule has 0 unspecified atom stereocenters. The van der Waals surface area contributed by atoms with Gasteiger partial charge in [-0.25, -0.2) is 0 Å². The third kappa shape index (κ3) is 5.62. The Hall–Kier alpha value is -3.15. The van der Waals surface area contributed by atoms with Gasteiger partial charge < -0.3 is 19.3 Å². The van der Waals surface area contributed by atoms with Gasteiger partial charge in [0.15, 0.2) is 0 Å². The lowest BCUT2D eigenvalue weighted by molar-refractivity contribution is -0.170. The molecule has 4 rings (SSSR count). The number of anilines is 3. The van der Waals surface area contributed by atoms with Gasteiger partial charge in [-0.1, -0.05) is 18.2 Å². The monoisotopic (exact) mass is 466 g/mol. The molecule has 2 fully saturated rings. The molecule has 0 aliphatic carbocycles. The second kappa shape index (κ2) is 9.77. The van der Waals surface area contributed by atoms with Crippen LogP contribution in [0.4, 0.5) is 31.0 Å². The molecule has 0 bridgehead atoms. The van der Waals surface area contributed by atoms with Crippen molar-refractivity contribution in [1.29, 1.82) is 0 Å². The molecule has 12 heteroatoms. The highest BCUT2D eigenvalue weighted by Crippen LogP contribution is 2.26. The number of para-hydroxylation sites is 1. The molecule has 0 atom stereocenters. The van der Waals surface area contributed by atoms with Crippen molar-refractivity contribution in [2.75, 3.05) is 61.1 Å². The lowest BCUT2D eigenvalue weighted by atomic mass is 10.1. The van der Waals surface area contributed by atoms with Gasteiger partial charge in [-0.05, 0) is 12.1 Å². The number of morpholine rings is 1. The van der Waals surface area contributed by atoms with Crippen LogP contribution in [0.3, 0.4) is 0 Å². The Morgan fingerprint density at radius 1 is 1.00 bits per heavy atom. The molecule has 9 nitrogen and oxygen atoms in total. The van der Waals surface area contributed by atoms with E-state index in [1.54, 1.807) is 0 Å². The van der Waals surface area contributed by atoms with Gasteiger partial charge in [-0.15, -0.1) is 0 Å². The van der Waals surface area contributed by atoms with Crippen molar-refractivity contribution < 1.29 is 27.4 Å². The van der Waals surface area contributed by atoms with Crippen molar-refractivity contribution in [3.8, 4) is 5.75 Å². The Morgan fingerprint density at radius 3 is 2.15 bits per heavy atom. The Labute approximate surface area is 189 Å². The number of hydrogen-bond acceptors (Lipinski definition) is 8. The maximum Gasteiger partial charge on any atom is 0.471 e. The molecular weight excluding hydrogens is 441 g/mol. The summed E-state index contributed by atoms with van der Waals surface area (Å²) in [5.74, 6) is -1.13. The van der Waals surface area contributed by atoms with Crippen LogP contribution in [0.5, 0.6) is 5.75 Å². The number of rotatable bonds is 5. The fourth-order valence-electron chi connectivity index (χ4n) is 3.69. The Balaban J connectivity index is 1.53. The summed E-state index contributed by atoms with van der Waals surface area (Å²) >= 11 is 0. The number of piperidine rings is 1. The van der Waals surface area contributed by atoms with E-state index in [0.29, 0.717) is 57.1 Å². The predicted molar refractivity (Wildman–Crippen MR) is 115 cm³/mol. The number of aromatic nitrogens is 3. The summed E-state index contributed by atoms with van der Waals surface area (Å²) in [7, 11) is 1.01. The first-order valence-corrected chi connectivity index (χ1v) is 10.7. The molecule has 0 radical (unpaired) electrons. The normalized spacial score (nSPS) is 17.7. The van der Waals surface area contributed by atoms with E-state index >= 15 is 0 Å². The van der Waals surface area contributed by atoms with Crippen LogP contribution in [0.15, 0.2) is 30.3 Å². The summed E-state index contributed by atoms with van der Waals surface area (Å²) in [5, 5.41) is 0. The quantitative estimate of drug-likeness (QED) is 0.664. The summed E-state index contributed by atoms with van der Waals surface area (Å²) in [6, 6.07) is 9.52. The minimum atomic E-state index is -5.03. The molecule has 2 aromatic rings. The van der Waals surface area contributed by atoms with Crippen LogP contribution in [0, 0.1) is 0 Å². The zero-order chi connectivity index (χ0) is 23.4. The number of carbonyl (C=O) groups is 1. The minimum absolute atomic E-state index is 0.0122. The molecule has 0 saturated carbocycles. The van der Waals surface area contributed by atoms with Crippen molar-refractivity contribution in [3.05, 3.63) is 30.3 Å². The van der Waals surface area contributed by atoms with E-state index in [9.17, 15) is 18.0 Å². The topological polar surface area (TPSA) is 83.9 Å². The predicted octanol–water partition coefficient (Wildman–Crippen LogP) is 2.28. The molecular formula is C21H25F3N6O3. The number of hydrogen-bond donors (Lipinski definition) is 0. The Bertz CT molecular complexity index is 948. The first kappa shape index (κ1) is 23.0. The van der Waals surface area contributed by atoms with Crippen LogP contribution in [0.2, 0.25) is 0 Å². The molecule has 0 spiro atoms. The number of nitrogens with zero attached hydrogens (tertiary/aromatic N) is 6. The zero-order valence-electron chi connectivity index (χ0n) is 18.2. The summed E-state index contributed by atoms with van der Waals surface area (Å²) in [4.78, 5) is 28.8. The Morgan fingerprint density at radius 2 is 1.58 bits per heavy atom. The van der Waals surface area contributed by atoms with E-state index < -0.39 is 12.1 Å². The molecule has 1 aromatic carbocycles. The summed E-state index contributed by atoms with van der Waals surface area (Å²) in [5.41, 5.74) is 0. The highest BCUT2D eigenvalue weighted by Gasteiger charge is 2.43. The second-order valence-electron chi connectivity index (χ2n) is 7.81. The molecule has 3 heterocycles. The summed E-state index contributed by atoms with van der Waals surface area (Å²) in [6.07, 6.45) is -3.63. The number of alkyl halides is 3. The third-order valence-corrected chi connectivity index (χ3v) is 5.51. The van der Waals surface area contributed by atoms with Crippen LogP contribution in [0.25, 0.3) is 0 Å². The number of halogens is 3. The van der Waals surface area contributed by atoms with Gasteiger partial charge in [0.25, 0.3) is 0 Å². The van der Waals surface area contributed by atoms with Gasteiger partial charge in [0.2, 0.25) is 17.8 Å². The Kier molecular flexibility index (Phi) is 6.82. The third-order valence-electron chi connectivity index (χ3n) is 5.51. The van der Waals surface area contributed by atoms with Crippen LogP contribution in [-0.2, 0) is 9.53 Å². The molecule has 1 amide bonds. The fraction of sp³-hybridized carbons (Fsp3) is 0.524. The van der Waals surface area contributed by atoms with E-state index in [1.165, 1.54) is 0 Å². The maximum absolute atomic E-state index is 13.0. The van der Waals surface area contributed by atoms with E-state index in [1.807, 2.05) is 40.1 Å². The van der Waals surface area contributed by atoms with E-state index in [2.05, 4.69) is 15.0 Å². The lowest BCUT2D eigenvalue weighted by Crippen LogP contribution is -2.43. The lowest BCUT2D eigenvalue weighted by Gasteiger charge is -2.33. The van der Waals surface area contributed by atoms with E-state index in [-0.39, 0.29) is 23.9 Å². The largest absolute Gasteiger partial charge is 0.490 e. The number of carbonyl (C=O) groups excluding carboxylic acids is 1. The SMILES string of the molecule is CN(C(=O)C(F)(F)F)c1nc(N2CCOCC2)nc(N2CCC(Oc3ccccc3)CC2)n1. The molecule has 2 aliphatic rings. The molecule has 33 heavy (non-hydrogen) atoms. The molecule has 2 aliphatic heterocycles. The average molecular weight is 466 g/mol. The molecule has 2 saturated heterocycles. The van der Waals surface area contributed by atoms with Gasteiger partial charge in [-0.2, -0.15) is 28.1 Å². The van der Waals surface area contributed by atoms with Crippen molar-refractivity contribution in [2.45, 2.75) is 25.1 Å². The van der Waals surface area contributed by atoms with Crippen molar-refractivity contribution in [2.24, 2.45) is 0 Å². The highest BCUT2D eigenvalue weighted by molar-refractivity contribution is 5.95. The van der Waals surface area contributed by atoms with Crippen LogP contribution in [-0.4, -0.2) is 79.6 Å². The highest BCUT2D eigenvalue weighted by atomic mass is 19.4. The maximum atomic E-state index is 13.0. The zero-order valence-corrected chi connectivity index (χ0v) is 18.2. The van der Waals surface area contributed by atoms with E-state index in [0.717, 1.165) is 12.8 Å². The van der Waals surface area contributed by atoms with Gasteiger partial charge in [0.05, 0.1) is 13.2 Å². The average Bonchev–Trinajstić information content (AvgIpc) is 2.84. The van der Waals surface area contributed by atoms with Gasteiger partial charge in [0, 0.05) is 46.1 Å². The van der Waals surface area contributed by atoms with E-state index in [4.69, 9.17) is 9.47 Å². The molecule has 178 valence electrons. The summed E-state index contributed by atoms with van der Waals surface area (Å²) < 4.78 is 50.4. The standard InChI is InChI=1S/C21H25F3N6O3/c1-28(17(31)21(22,23)24)18-25-19(27-20(26-18)30-11-13-32-14-12-30)29-9-7-16(8-10-29)33-15-5-3-2-4-6-15/h2-6,16H,7-14H2,1H3. The number of ether oxygens (including phenoxy) is 2. The van der Waals surface area contributed by atoms with Crippen LogP contribution >= 0.6 is 0 Å². The van der Waals surface area contributed by atoms with Gasteiger partial charge in [-0.3, -0.25) is 9.69 Å². The van der Waals surface area contributed by atoms with Gasteiger partial charge in [0.1, 0.15) is 11.9 Å². The van der Waals surface area contributed by atoms with Crippen molar-refractivity contribution >= 4 is 23.8 Å². The van der Waals surface area contributed by atoms with Crippen LogP contribution < -0.4 is 19.4 Å². The van der Waals surface area contributed by atoms with Crippen LogP contribution in [0.1, 0.15) is 12.8 Å². The minimum Gasteiger partial charge on any atom is -0.490 e.